The Kier molecular flexibility index (Phi) is 3.24. The molecule has 72 valence electrons. The van der Waals surface area contributed by atoms with Gasteiger partial charge in [-0.15, -0.1) is 6.42 Å². The normalized spacial score (nSPS) is 9.43. The SMILES string of the molecule is C#Cc1ccc(CCC)c([N+](=O)[O-])c1. The first-order valence-electron chi connectivity index (χ1n) is 4.43. The van der Waals surface area contributed by atoms with Gasteiger partial charge in [0.1, 0.15) is 0 Å². The van der Waals surface area contributed by atoms with Crippen molar-refractivity contribution in [3.05, 3.63) is 39.4 Å². The number of hydrogen-bond donors (Lipinski definition) is 0. The fourth-order valence-corrected chi connectivity index (χ4v) is 1.30. The lowest BCUT2D eigenvalue weighted by atomic mass is 10.1. The van der Waals surface area contributed by atoms with Gasteiger partial charge in [-0.1, -0.05) is 25.3 Å². The van der Waals surface area contributed by atoms with Crippen LogP contribution in [-0.2, 0) is 6.42 Å². The topological polar surface area (TPSA) is 43.1 Å². The van der Waals surface area contributed by atoms with Crippen LogP contribution in [0.3, 0.4) is 0 Å². The van der Waals surface area contributed by atoms with E-state index in [1.807, 2.05) is 6.92 Å². The van der Waals surface area contributed by atoms with Crippen LogP contribution in [-0.4, -0.2) is 4.92 Å². The van der Waals surface area contributed by atoms with E-state index in [2.05, 4.69) is 5.92 Å². The Labute approximate surface area is 82.9 Å². The number of benzene rings is 1. The maximum atomic E-state index is 10.7. The molecule has 0 aliphatic rings. The highest BCUT2D eigenvalue weighted by Gasteiger charge is 2.12. The molecule has 0 radical (unpaired) electrons. The first kappa shape index (κ1) is 10.3. The largest absolute Gasteiger partial charge is 0.273 e. The van der Waals surface area contributed by atoms with Crippen molar-refractivity contribution in [2.24, 2.45) is 0 Å². The van der Waals surface area contributed by atoms with Crippen LogP contribution in [0.15, 0.2) is 18.2 Å². The van der Waals surface area contributed by atoms with E-state index in [1.54, 1.807) is 12.1 Å². The highest BCUT2D eigenvalue weighted by molar-refractivity contribution is 5.48. The summed E-state index contributed by atoms with van der Waals surface area (Å²) in [4.78, 5) is 10.3. The molecule has 3 heteroatoms. The first-order valence-corrected chi connectivity index (χ1v) is 4.43. The van der Waals surface area contributed by atoms with E-state index in [0.29, 0.717) is 12.0 Å². The molecule has 14 heavy (non-hydrogen) atoms. The molecule has 0 aromatic heterocycles. The van der Waals surface area contributed by atoms with E-state index in [4.69, 9.17) is 6.42 Å². The Morgan fingerprint density at radius 3 is 2.79 bits per heavy atom. The molecule has 3 nitrogen and oxygen atoms in total. The lowest BCUT2D eigenvalue weighted by Crippen LogP contribution is -1.95. The van der Waals surface area contributed by atoms with E-state index < -0.39 is 0 Å². The molecule has 0 saturated heterocycles. The summed E-state index contributed by atoms with van der Waals surface area (Å²) in [5, 5.41) is 10.7. The molecular weight excluding hydrogens is 178 g/mol. The molecule has 0 heterocycles. The molecular formula is C11H11NO2. The number of hydrogen-bond acceptors (Lipinski definition) is 2. The zero-order valence-corrected chi connectivity index (χ0v) is 7.99. The van der Waals surface area contributed by atoms with Crippen molar-refractivity contribution in [2.45, 2.75) is 19.8 Å². The highest BCUT2D eigenvalue weighted by Crippen LogP contribution is 2.21. The second kappa shape index (κ2) is 4.43. The summed E-state index contributed by atoms with van der Waals surface area (Å²) >= 11 is 0. The molecule has 0 spiro atoms. The molecule has 0 atom stereocenters. The predicted octanol–water partition coefficient (Wildman–Crippen LogP) is 2.53. The van der Waals surface area contributed by atoms with Crippen molar-refractivity contribution in [1.29, 1.82) is 0 Å². The summed E-state index contributed by atoms with van der Waals surface area (Å²) in [5.74, 6) is 2.39. The van der Waals surface area contributed by atoms with Gasteiger partial charge in [-0.2, -0.15) is 0 Å². The van der Waals surface area contributed by atoms with Gasteiger partial charge >= 0.3 is 0 Å². The van der Waals surface area contributed by atoms with Gasteiger partial charge in [-0.25, -0.2) is 0 Å². The minimum atomic E-state index is -0.383. The van der Waals surface area contributed by atoms with Gasteiger partial charge in [-0.05, 0) is 12.5 Å². The van der Waals surface area contributed by atoms with Gasteiger partial charge in [0.2, 0.25) is 0 Å². The van der Waals surface area contributed by atoms with Crippen molar-refractivity contribution in [1.82, 2.24) is 0 Å². The number of nitro benzene ring substituents is 1. The maximum absolute atomic E-state index is 10.7. The molecule has 0 aliphatic carbocycles. The average molecular weight is 189 g/mol. The van der Waals surface area contributed by atoms with Crippen LogP contribution in [0.1, 0.15) is 24.5 Å². The summed E-state index contributed by atoms with van der Waals surface area (Å²) in [6.45, 7) is 1.98. The Balaban J connectivity index is 3.18. The number of nitro groups is 1. The number of nitrogens with zero attached hydrogens (tertiary/aromatic N) is 1. The van der Waals surface area contributed by atoms with E-state index in [1.165, 1.54) is 6.07 Å². The van der Waals surface area contributed by atoms with Gasteiger partial charge in [0.15, 0.2) is 0 Å². The van der Waals surface area contributed by atoms with E-state index in [0.717, 1.165) is 12.0 Å². The third-order valence-corrected chi connectivity index (χ3v) is 1.97. The standard InChI is InChI=1S/C11H11NO2/c1-3-5-10-7-6-9(4-2)8-11(10)12(13)14/h2,6-8H,3,5H2,1H3. The summed E-state index contributed by atoms with van der Waals surface area (Å²) in [7, 11) is 0. The van der Waals surface area contributed by atoms with Gasteiger partial charge in [-0.3, -0.25) is 10.1 Å². The first-order chi connectivity index (χ1) is 6.69. The van der Waals surface area contributed by atoms with Crippen molar-refractivity contribution in [2.75, 3.05) is 0 Å². The smallest absolute Gasteiger partial charge is 0.258 e. The van der Waals surface area contributed by atoms with Crippen molar-refractivity contribution in [3.63, 3.8) is 0 Å². The van der Waals surface area contributed by atoms with Crippen LogP contribution in [0.25, 0.3) is 0 Å². The fraction of sp³-hybridized carbons (Fsp3) is 0.273. The number of aryl methyl sites for hydroxylation is 1. The lowest BCUT2D eigenvalue weighted by molar-refractivity contribution is -0.385. The zero-order valence-electron chi connectivity index (χ0n) is 7.99. The van der Waals surface area contributed by atoms with Crippen molar-refractivity contribution in [3.8, 4) is 12.3 Å². The van der Waals surface area contributed by atoms with Crippen LogP contribution in [0.5, 0.6) is 0 Å². The van der Waals surface area contributed by atoms with Crippen LogP contribution in [0, 0.1) is 22.5 Å². The van der Waals surface area contributed by atoms with E-state index >= 15 is 0 Å². The number of terminal acetylenes is 1. The predicted molar refractivity (Wildman–Crippen MR) is 55.0 cm³/mol. The van der Waals surface area contributed by atoms with Gasteiger partial charge in [0.05, 0.1) is 4.92 Å². The monoisotopic (exact) mass is 189 g/mol. The van der Waals surface area contributed by atoms with E-state index in [9.17, 15) is 10.1 Å². The molecule has 1 aromatic carbocycles. The molecule has 1 aromatic rings. The van der Waals surface area contributed by atoms with E-state index in [-0.39, 0.29) is 10.6 Å². The van der Waals surface area contributed by atoms with Crippen LogP contribution >= 0.6 is 0 Å². The Bertz CT molecular complexity index is 391. The van der Waals surface area contributed by atoms with Crippen molar-refractivity contribution >= 4 is 5.69 Å². The van der Waals surface area contributed by atoms with Gasteiger partial charge in [0.25, 0.3) is 5.69 Å². The molecule has 0 amide bonds. The van der Waals surface area contributed by atoms with Gasteiger partial charge in [0, 0.05) is 17.2 Å². The van der Waals surface area contributed by atoms with Crippen LogP contribution < -0.4 is 0 Å². The third-order valence-electron chi connectivity index (χ3n) is 1.97. The summed E-state index contributed by atoms with van der Waals surface area (Å²) in [6.07, 6.45) is 6.76. The number of rotatable bonds is 3. The molecule has 0 N–H and O–H groups in total. The van der Waals surface area contributed by atoms with Crippen molar-refractivity contribution < 1.29 is 4.92 Å². The van der Waals surface area contributed by atoms with Gasteiger partial charge < -0.3 is 0 Å². The molecule has 0 bridgehead atoms. The average Bonchev–Trinajstić information content (AvgIpc) is 2.18. The highest BCUT2D eigenvalue weighted by atomic mass is 16.6. The Morgan fingerprint density at radius 2 is 2.29 bits per heavy atom. The minimum Gasteiger partial charge on any atom is -0.258 e. The lowest BCUT2D eigenvalue weighted by Gasteiger charge is -2.01. The fourth-order valence-electron chi connectivity index (χ4n) is 1.30. The summed E-state index contributed by atoms with van der Waals surface area (Å²) < 4.78 is 0. The Hall–Kier alpha value is -1.82. The molecule has 0 fully saturated rings. The summed E-state index contributed by atoms with van der Waals surface area (Å²) in [6, 6.07) is 4.92. The molecule has 0 aliphatic heterocycles. The summed E-state index contributed by atoms with van der Waals surface area (Å²) in [5.41, 5.74) is 1.43. The second-order valence-electron chi connectivity index (χ2n) is 2.99. The molecule has 0 saturated carbocycles. The molecule has 0 unspecified atom stereocenters. The van der Waals surface area contributed by atoms with Crippen LogP contribution in [0.4, 0.5) is 5.69 Å². The maximum Gasteiger partial charge on any atom is 0.273 e. The quantitative estimate of drug-likeness (QED) is 0.416. The third kappa shape index (κ3) is 2.11. The zero-order chi connectivity index (χ0) is 10.6. The second-order valence-corrected chi connectivity index (χ2v) is 2.99. The Morgan fingerprint density at radius 1 is 1.57 bits per heavy atom. The molecule has 1 rings (SSSR count). The van der Waals surface area contributed by atoms with Crippen LogP contribution in [0.2, 0.25) is 0 Å². The minimum absolute atomic E-state index is 0.127.